The lowest BCUT2D eigenvalue weighted by atomic mass is 9.93. The van der Waals surface area contributed by atoms with Gasteiger partial charge in [-0.25, -0.2) is 0 Å². The van der Waals surface area contributed by atoms with Gasteiger partial charge in [0, 0.05) is 25.2 Å². The molecule has 0 aromatic rings. The molecule has 2 atom stereocenters. The third kappa shape index (κ3) is 5.41. The Bertz CT molecular complexity index is 219. The molecule has 1 rings (SSSR count). The average Bonchev–Trinajstić information content (AvgIpc) is 2.65. The first kappa shape index (κ1) is 16.9. The molecule has 0 aromatic carbocycles. The summed E-state index contributed by atoms with van der Waals surface area (Å²) in [4.78, 5) is 2.53. The van der Waals surface area contributed by atoms with Crippen LogP contribution in [-0.4, -0.2) is 48.8 Å². The highest BCUT2D eigenvalue weighted by atomic mass is 16.3. The smallest absolute Gasteiger partial charge is 0.0558 e. The van der Waals surface area contributed by atoms with E-state index in [4.69, 9.17) is 0 Å². The molecule has 3 nitrogen and oxygen atoms in total. The van der Waals surface area contributed by atoms with Crippen molar-refractivity contribution < 1.29 is 5.11 Å². The van der Waals surface area contributed by atoms with Crippen molar-refractivity contribution in [2.45, 2.75) is 70.9 Å². The summed E-state index contributed by atoms with van der Waals surface area (Å²) in [7, 11) is 2.11. The summed E-state index contributed by atoms with van der Waals surface area (Å²) >= 11 is 0. The van der Waals surface area contributed by atoms with E-state index < -0.39 is 0 Å². The molecule has 114 valence electrons. The molecule has 0 bridgehead atoms. The highest BCUT2D eigenvalue weighted by molar-refractivity contribution is 4.82. The molecule has 2 N–H and O–H groups in total. The zero-order valence-electron chi connectivity index (χ0n) is 13.2. The first-order valence-electron chi connectivity index (χ1n) is 8.28. The topological polar surface area (TPSA) is 35.5 Å². The number of rotatable bonds is 8. The Kier molecular flexibility index (Phi) is 8.67. The second-order valence-corrected chi connectivity index (χ2v) is 5.98. The van der Waals surface area contributed by atoms with Crippen molar-refractivity contribution in [2.24, 2.45) is 5.92 Å². The van der Waals surface area contributed by atoms with Crippen LogP contribution >= 0.6 is 0 Å². The van der Waals surface area contributed by atoms with Gasteiger partial charge in [0.15, 0.2) is 0 Å². The second-order valence-electron chi connectivity index (χ2n) is 5.98. The van der Waals surface area contributed by atoms with Crippen LogP contribution < -0.4 is 5.32 Å². The molecule has 0 spiro atoms. The maximum Gasteiger partial charge on any atom is 0.0558 e. The molecular weight excluding hydrogens is 236 g/mol. The Labute approximate surface area is 119 Å². The van der Waals surface area contributed by atoms with Crippen molar-refractivity contribution >= 4 is 0 Å². The minimum absolute atomic E-state index is 0.285. The minimum Gasteiger partial charge on any atom is -0.395 e. The zero-order chi connectivity index (χ0) is 14.1. The lowest BCUT2D eigenvalue weighted by Crippen LogP contribution is -2.45. The highest BCUT2D eigenvalue weighted by Gasteiger charge is 2.26. The number of hydrogen-bond acceptors (Lipinski definition) is 3. The molecule has 0 radical (unpaired) electrons. The van der Waals surface area contributed by atoms with E-state index in [2.05, 4.69) is 31.1 Å². The number of aliphatic hydroxyl groups is 1. The fourth-order valence-electron chi connectivity index (χ4n) is 3.64. The van der Waals surface area contributed by atoms with Crippen LogP contribution in [0.25, 0.3) is 0 Å². The van der Waals surface area contributed by atoms with Crippen molar-refractivity contribution in [3.63, 3.8) is 0 Å². The molecule has 3 heteroatoms. The number of nitrogens with zero attached hydrogens (tertiary/aromatic N) is 1. The van der Waals surface area contributed by atoms with Crippen molar-refractivity contribution in [3.05, 3.63) is 0 Å². The number of aliphatic hydroxyl groups excluding tert-OH is 1. The predicted octanol–water partition coefficient (Wildman–Crippen LogP) is 2.64. The van der Waals surface area contributed by atoms with Crippen LogP contribution in [0, 0.1) is 5.92 Å². The second kappa shape index (κ2) is 9.73. The van der Waals surface area contributed by atoms with Crippen molar-refractivity contribution in [1.82, 2.24) is 10.2 Å². The van der Waals surface area contributed by atoms with Gasteiger partial charge in [-0.05, 0) is 38.6 Å². The Morgan fingerprint density at radius 1 is 1.16 bits per heavy atom. The van der Waals surface area contributed by atoms with E-state index in [1.165, 1.54) is 44.9 Å². The quantitative estimate of drug-likeness (QED) is 0.666. The van der Waals surface area contributed by atoms with Crippen molar-refractivity contribution in [1.29, 1.82) is 0 Å². The van der Waals surface area contributed by atoms with Gasteiger partial charge in [0.2, 0.25) is 0 Å². The van der Waals surface area contributed by atoms with Gasteiger partial charge in [-0.1, -0.05) is 33.1 Å². The van der Waals surface area contributed by atoms with Crippen LogP contribution in [0.1, 0.15) is 58.8 Å². The van der Waals surface area contributed by atoms with Crippen LogP contribution in [0.15, 0.2) is 0 Å². The van der Waals surface area contributed by atoms with Crippen LogP contribution in [0.5, 0.6) is 0 Å². The summed E-state index contributed by atoms with van der Waals surface area (Å²) in [6.07, 6.45) is 9.16. The summed E-state index contributed by atoms with van der Waals surface area (Å²) in [6.45, 7) is 6.80. The summed E-state index contributed by atoms with van der Waals surface area (Å²) in [5.41, 5.74) is 0. The minimum atomic E-state index is 0.285. The van der Waals surface area contributed by atoms with Gasteiger partial charge >= 0.3 is 0 Å². The fraction of sp³-hybridized carbons (Fsp3) is 1.00. The first-order valence-corrected chi connectivity index (χ1v) is 8.28. The molecule has 0 saturated heterocycles. The van der Waals surface area contributed by atoms with E-state index in [0.717, 1.165) is 19.0 Å². The van der Waals surface area contributed by atoms with E-state index in [9.17, 15) is 5.11 Å². The number of hydrogen-bond donors (Lipinski definition) is 2. The van der Waals surface area contributed by atoms with Crippen LogP contribution in [0.2, 0.25) is 0 Å². The van der Waals surface area contributed by atoms with E-state index in [1.54, 1.807) is 0 Å². The summed E-state index contributed by atoms with van der Waals surface area (Å²) < 4.78 is 0. The molecule has 19 heavy (non-hydrogen) atoms. The standard InChI is InChI=1S/C16H34N2O/c1-4-15(5-2)18(11-12-19)13-14-9-7-6-8-10-16(14)17-3/h14-17,19H,4-13H2,1-3H3. The summed E-state index contributed by atoms with van der Waals surface area (Å²) in [5, 5.41) is 12.9. The molecule has 1 aliphatic rings. The Hall–Kier alpha value is -0.120. The van der Waals surface area contributed by atoms with Gasteiger partial charge in [0.25, 0.3) is 0 Å². The lowest BCUT2D eigenvalue weighted by molar-refractivity contribution is 0.111. The van der Waals surface area contributed by atoms with E-state index in [-0.39, 0.29) is 6.61 Å². The molecule has 0 heterocycles. The van der Waals surface area contributed by atoms with Gasteiger partial charge in [0.1, 0.15) is 0 Å². The SMILES string of the molecule is CCC(CC)N(CCO)CC1CCCCCC1NC. The van der Waals surface area contributed by atoms with Gasteiger partial charge in [-0.3, -0.25) is 4.90 Å². The molecule has 0 aromatic heterocycles. The maximum atomic E-state index is 9.33. The third-order valence-corrected chi connectivity index (χ3v) is 4.84. The Morgan fingerprint density at radius 3 is 2.42 bits per heavy atom. The largest absolute Gasteiger partial charge is 0.395 e. The highest BCUT2D eigenvalue weighted by Crippen LogP contribution is 2.25. The van der Waals surface area contributed by atoms with Gasteiger partial charge < -0.3 is 10.4 Å². The molecule has 1 aliphatic carbocycles. The van der Waals surface area contributed by atoms with E-state index in [1.807, 2.05) is 0 Å². The molecule has 0 aliphatic heterocycles. The van der Waals surface area contributed by atoms with E-state index >= 15 is 0 Å². The van der Waals surface area contributed by atoms with Crippen molar-refractivity contribution in [3.8, 4) is 0 Å². The summed E-state index contributed by atoms with van der Waals surface area (Å²) in [5.74, 6) is 0.750. The zero-order valence-corrected chi connectivity index (χ0v) is 13.2. The number of nitrogens with one attached hydrogen (secondary N) is 1. The van der Waals surface area contributed by atoms with Crippen LogP contribution in [-0.2, 0) is 0 Å². The molecule has 0 amide bonds. The van der Waals surface area contributed by atoms with Crippen molar-refractivity contribution in [2.75, 3.05) is 26.7 Å². The molecule has 1 saturated carbocycles. The van der Waals surface area contributed by atoms with Crippen LogP contribution in [0.3, 0.4) is 0 Å². The van der Waals surface area contributed by atoms with E-state index in [0.29, 0.717) is 12.1 Å². The average molecular weight is 270 g/mol. The molecular formula is C16H34N2O. The Balaban J connectivity index is 2.63. The first-order chi connectivity index (χ1) is 9.26. The maximum absolute atomic E-state index is 9.33. The summed E-state index contributed by atoms with van der Waals surface area (Å²) in [6, 6.07) is 1.30. The molecule has 2 unspecified atom stereocenters. The van der Waals surface area contributed by atoms with Gasteiger partial charge in [0.05, 0.1) is 6.61 Å². The fourth-order valence-corrected chi connectivity index (χ4v) is 3.64. The molecule has 1 fully saturated rings. The van der Waals surface area contributed by atoms with Crippen LogP contribution in [0.4, 0.5) is 0 Å². The lowest BCUT2D eigenvalue weighted by Gasteiger charge is -2.35. The Morgan fingerprint density at radius 2 is 1.84 bits per heavy atom. The normalized spacial score (nSPS) is 24.9. The van der Waals surface area contributed by atoms with Gasteiger partial charge in [-0.15, -0.1) is 0 Å². The van der Waals surface area contributed by atoms with Gasteiger partial charge in [-0.2, -0.15) is 0 Å². The monoisotopic (exact) mass is 270 g/mol. The third-order valence-electron chi connectivity index (χ3n) is 4.84. The predicted molar refractivity (Wildman–Crippen MR) is 82.5 cm³/mol.